The van der Waals surface area contributed by atoms with Gasteiger partial charge in [0.25, 0.3) is 0 Å². The number of hydrogen-bond donors (Lipinski definition) is 3. The summed E-state index contributed by atoms with van der Waals surface area (Å²) in [5.41, 5.74) is 2.00. The van der Waals surface area contributed by atoms with Gasteiger partial charge in [-0.25, -0.2) is 27.9 Å². The van der Waals surface area contributed by atoms with E-state index in [0.29, 0.717) is 16.8 Å². The fourth-order valence-electron chi connectivity index (χ4n) is 4.74. The third kappa shape index (κ3) is 6.68. The number of aliphatic hydroxyl groups is 2. The Bertz CT molecular complexity index is 1810. The molecule has 43 heavy (non-hydrogen) atoms. The molecule has 0 aliphatic heterocycles. The van der Waals surface area contributed by atoms with Crippen LogP contribution in [0.5, 0.6) is 5.88 Å². The minimum atomic E-state index is -1.34. The van der Waals surface area contributed by atoms with E-state index in [4.69, 9.17) is 4.74 Å². The number of aliphatic hydroxyl groups excluding tert-OH is 2. The largest absolute Gasteiger partial charge is 0.478 e. The number of hydrogen-bond acceptors (Lipinski definition) is 6. The zero-order chi connectivity index (χ0) is 30.7. The monoisotopic (exact) mass is 591 g/mol. The van der Waals surface area contributed by atoms with Crippen LogP contribution in [0.1, 0.15) is 39.3 Å². The van der Waals surface area contributed by atoms with Crippen molar-refractivity contribution in [2.24, 2.45) is 0 Å². The number of benzene rings is 3. The van der Waals surface area contributed by atoms with Gasteiger partial charge >= 0.3 is 5.97 Å². The van der Waals surface area contributed by atoms with Gasteiger partial charge < -0.3 is 24.6 Å². The number of fused-ring (bicyclic) bond motifs is 1. The Labute approximate surface area is 244 Å². The first-order chi connectivity index (χ1) is 20.6. The van der Waals surface area contributed by atoms with E-state index in [0.717, 1.165) is 11.6 Å². The van der Waals surface area contributed by atoms with Crippen LogP contribution in [0.15, 0.2) is 66.7 Å². The van der Waals surface area contributed by atoms with E-state index in [-0.39, 0.29) is 72.3 Å². The number of carbonyl (C=O) groups is 1. The normalized spacial score (nSPS) is 12.0. The van der Waals surface area contributed by atoms with Crippen LogP contribution in [0.4, 0.5) is 13.2 Å². The summed E-state index contributed by atoms with van der Waals surface area (Å²) in [6.07, 6.45) is -1.10. The van der Waals surface area contributed by atoms with Crippen molar-refractivity contribution in [1.82, 2.24) is 14.5 Å². The van der Waals surface area contributed by atoms with Crippen LogP contribution >= 0.6 is 0 Å². The first kappa shape index (κ1) is 29.7. The molecule has 0 fully saturated rings. The Morgan fingerprint density at radius 1 is 0.953 bits per heavy atom. The number of nitrogens with zero attached hydrogens (tertiary/aromatic N) is 3. The third-order valence-electron chi connectivity index (χ3n) is 6.99. The number of carboxylic acid groups (broad SMARTS) is 1. The van der Waals surface area contributed by atoms with Crippen molar-refractivity contribution in [2.45, 2.75) is 39.0 Å². The number of aromatic nitrogens is 3. The molecule has 5 rings (SSSR count). The van der Waals surface area contributed by atoms with Crippen molar-refractivity contribution in [3.05, 3.63) is 112 Å². The molecule has 222 valence electrons. The lowest BCUT2D eigenvalue weighted by atomic mass is 10.1. The number of imidazole rings is 1. The van der Waals surface area contributed by atoms with E-state index < -0.39 is 23.7 Å². The highest BCUT2D eigenvalue weighted by molar-refractivity contribution is 5.92. The fraction of sp³-hybridized carbons (Fsp3) is 0.219. The summed E-state index contributed by atoms with van der Waals surface area (Å²) in [7, 11) is 0. The SMILES string of the molecule is Cc1ccc(COc2cccc(-c3ccc(Cc4nc5c(F)cc(C(=O)O)cc5n4C[C@@H](O)CCO)c(F)c3)n2)c(F)c1. The number of rotatable bonds is 11. The molecular formula is C32H28F3N3O5. The second-order valence-corrected chi connectivity index (χ2v) is 10.2. The Morgan fingerprint density at radius 3 is 2.44 bits per heavy atom. The highest BCUT2D eigenvalue weighted by Gasteiger charge is 2.21. The van der Waals surface area contributed by atoms with Crippen LogP contribution in [0.2, 0.25) is 0 Å². The van der Waals surface area contributed by atoms with Crippen molar-refractivity contribution in [3.8, 4) is 17.1 Å². The van der Waals surface area contributed by atoms with Gasteiger partial charge in [0.1, 0.15) is 29.6 Å². The van der Waals surface area contributed by atoms with Crippen molar-refractivity contribution in [2.75, 3.05) is 6.61 Å². The third-order valence-corrected chi connectivity index (χ3v) is 6.99. The molecule has 0 saturated carbocycles. The summed E-state index contributed by atoms with van der Waals surface area (Å²) in [4.78, 5) is 20.2. The minimum Gasteiger partial charge on any atom is -0.478 e. The highest BCUT2D eigenvalue weighted by atomic mass is 19.1. The molecule has 0 bridgehead atoms. The van der Waals surface area contributed by atoms with E-state index in [2.05, 4.69) is 9.97 Å². The van der Waals surface area contributed by atoms with Gasteiger partial charge in [0.15, 0.2) is 5.82 Å². The molecule has 0 unspecified atom stereocenters. The molecule has 0 radical (unpaired) electrons. The van der Waals surface area contributed by atoms with Crippen LogP contribution < -0.4 is 4.74 Å². The van der Waals surface area contributed by atoms with Crippen LogP contribution in [0.25, 0.3) is 22.3 Å². The molecule has 11 heteroatoms. The first-order valence-electron chi connectivity index (χ1n) is 13.5. The number of aryl methyl sites for hydroxylation is 1. The maximum Gasteiger partial charge on any atom is 0.335 e. The Hall–Kier alpha value is -4.74. The van der Waals surface area contributed by atoms with Crippen LogP contribution in [0, 0.1) is 24.4 Å². The molecule has 5 aromatic rings. The van der Waals surface area contributed by atoms with Gasteiger partial charge in [0.2, 0.25) is 5.88 Å². The lowest BCUT2D eigenvalue weighted by Gasteiger charge is -2.14. The Kier molecular flexibility index (Phi) is 8.74. The van der Waals surface area contributed by atoms with E-state index >= 15 is 4.39 Å². The first-order valence-corrected chi connectivity index (χ1v) is 13.5. The standard InChI is InChI=1S/C32H28F3N3O5/c1-18-5-6-21(24(33)11-18)17-43-30-4-2-3-27(36-30)20-8-7-19(25(34)12-20)15-29-37-31-26(35)13-22(32(41)42)14-28(31)38(29)16-23(40)9-10-39/h2-8,11-14,23,39-40H,9-10,15-17H2,1H3,(H,41,42)/t23-/m0/s1. The molecule has 2 aromatic heterocycles. The van der Waals surface area contributed by atoms with Gasteiger partial charge in [-0.05, 0) is 54.8 Å². The second-order valence-electron chi connectivity index (χ2n) is 10.2. The average Bonchev–Trinajstić information content (AvgIpc) is 3.31. The second kappa shape index (κ2) is 12.6. The molecule has 2 heterocycles. The number of pyridine rings is 1. The number of ether oxygens (including phenoxy) is 1. The summed E-state index contributed by atoms with van der Waals surface area (Å²) < 4.78 is 51.5. The summed E-state index contributed by atoms with van der Waals surface area (Å²) in [6, 6.07) is 16.4. The van der Waals surface area contributed by atoms with E-state index in [1.54, 1.807) is 43.3 Å². The quantitative estimate of drug-likeness (QED) is 0.187. The average molecular weight is 592 g/mol. The lowest BCUT2D eigenvalue weighted by Crippen LogP contribution is -2.19. The lowest BCUT2D eigenvalue weighted by molar-refractivity contribution is 0.0696. The molecule has 0 aliphatic carbocycles. The van der Waals surface area contributed by atoms with E-state index in [1.165, 1.54) is 28.8 Å². The highest BCUT2D eigenvalue weighted by Crippen LogP contribution is 2.27. The molecule has 3 N–H and O–H groups in total. The molecule has 8 nitrogen and oxygen atoms in total. The Morgan fingerprint density at radius 2 is 1.72 bits per heavy atom. The van der Waals surface area contributed by atoms with Crippen molar-refractivity contribution in [1.29, 1.82) is 0 Å². The molecule has 0 saturated heterocycles. The van der Waals surface area contributed by atoms with Gasteiger partial charge in [-0.1, -0.05) is 30.3 Å². The van der Waals surface area contributed by atoms with E-state index in [1.807, 2.05) is 0 Å². The predicted octanol–water partition coefficient (Wildman–Crippen LogP) is 5.44. The predicted molar refractivity (Wildman–Crippen MR) is 152 cm³/mol. The minimum absolute atomic E-state index is 0.0268. The van der Waals surface area contributed by atoms with Crippen LogP contribution in [-0.4, -0.2) is 48.5 Å². The number of aromatic carboxylic acids is 1. The van der Waals surface area contributed by atoms with Crippen molar-refractivity contribution in [3.63, 3.8) is 0 Å². The zero-order valence-electron chi connectivity index (χ0n) is 23.1. The fourth-order valence-corrected chi connectivity index (χ4v) is 4.74. The molecule has 0 spiro atoms. The molecule has 0 amide bonds. The Balaban J connectivity index is 1.41. The smallest absolute Gasteiger partial charge is 0.335 e. The molecule has 0 aliphatic rings. The number of carboxylic acids is 1. The zero-order valence-corrected chi connectivity index (χ0v) is 23.1. The van der Waals surface area contributed by atoms with Gasteiger partial charge in [0.05, 0.1) is 29.4 Å². The molecule has 1 atom stereocenters. The van der Waals surface area contributed by atoms with Crippen molar-refractivity contribution >= 4 is 17.0 Å². The van der Waals surface area contributed by atoms with Gasteiger partial charge in [-0.15, -0.1) is 0 Å². The summed E-state index contributed by atoms with van der Waals surface area (Å²) >= 11 is 0. The van der Waals surface area contributed by atoms with Gasteiger partial charge in [0, 0.05) is 30.2 Å². The molecular weight excluding hydrogens is 563 g/mol. The summed E-state index contributed by atoms with van der Waals surface area (Å²) in [6.45, 7) is 1.35. The van der Waals surface area contributed by atoms with Gasteiger partial charge in [-0.3, -0.25) is 0 Å². The summed E-state index contributed by atoms with van der Waals surface area (Å²) in [5.74, 6) is -2.72. The maximum atomic E-state index is 15.4. The number of halogens is 3. The molecule has 3 aromatic carbocycles. The van der Waals surface area contributed by atoms with Crippen molar-refractivity contribution < 1.29 is 38.0 Å². The van der Waals surface area contributed by atoms with Crippen LogP contribution in [0.3, 0.4) is 0 Å². The summed E-state index contributed by atoms with van der Waals surface area (Å²) in [5, 5.41) is 29.0. The topological polar surface area (TPSA) is 118 Å². The van der Waals surface area contributed by atoms with E-state index in [9.17, 15) is 28.9 Å². The van der Waals surface area contributed by atoms with Crippen LogP contribution in [-0.2, 0) is 19.6 Å². The maximum absolute atomic E-state index is 15.4. The van der Waals surface area contributed by atoms with Gasteiger partial charge in [-0.2, -0.15) is 0 Å².